The molecule has 0 saturated heterocycles. The van der Waals surface area contributed by atoms with Gasteiger partial charge in [0.15, 0.2) is 0 Å². The van der Waals surface area contributed by atoms with E-state index in [1.807, 2.05) is 6.92 Å². The van der Waals surface area contributed by atoms with E-state index < -0.39 is 6.04 Å². The summed E-state index contributed by atoms with van der Waals surface area (Å²) in [4.78, 5) is 19.2. The summed E-state index contributed by atoms with van der Waals surface area (Å²) in [6.45, 7) is 5.66. The van der Waals surface area contributed by atoms with Crippen molar-refractivity contribution in [3.8, 4) is 0 Å². The first-order valence-corrected chi connectivity index (χ1v) is 5.07. The molecule has 0 aliphatic rings. The lowest BCUT2D eigenvalue weighted by Gasteiger charge is -2.14. The first kappa shape index (κ1) is 12.2. The fourth-order valence-electron chi connectivity index (χ4n) is 1.13. The fourth-order valence-corrected chi connectivity index (χ4v) is 1.13. The molecule has 1 unspecified atom stereocenters. The summed E-state index contributed by atoms with van der Waals surface area (Å²) in [6.07, 6.45) is 1.60. The zero-order valence-corrected chi connectivity index (χ0v) is 9.65. The van der Waals surface area contributed by atoms with Crippen LogP contribution in [0.4, 0.5) is 11.8 Å². The van der Waals surface area contributed by atoms with Gasteiger partial charge >= 0.3 is 5.97 Å². The number of nitrogens with zero attached hydrogens (tertiary/aromatic N) is 2. The number of carbonyl (C=O) groups is 1. The molecule has 0 aliphatic carbocycles. The summed E-state index contributed by atoms with van der Waals surface area (Å²) in [5.74, 6) is 0.399. The van der Waals surface area contributed by atoms with Gasteiger partial charge < -0.3 is 15.8 Å². The molecule has 0 bridgehead atoms. The highest BCUT2D eigenvalue weighted by atomic mass is 16.5. The van der Waals surface area contributed by atoms with Crippen LogP contribution in [0.5, 0.6) is 0 Å². The topological polar surface area (TPSA) is 90.1 Å². The normalized spacial score (nSPS) is 11.9. The van der Waals surface area contributed by atoms with Gasteiger partial charge in [-0.15, -0.1) is 0 Å². The van der Waals surface area contributed by atoms with Crippen LogP contribution in [0.3, 0.4) is 0 Å². The molecule has 16 heavy (non-hydrogen) atoms. The van der Waals surface area contributed by atoms with E-state index in [-0.39, 0.29) is 11.9 Å². The Labute approximate surface area is 94.2 Å². The zero-order chi connectivity index (χ0) is 12.1. The van der Waals surface area contributed by atoms with E-state index in [4.69, 9.17) is 10.5 Å². The maximum Gasteiger partial charge on any atom is 0.328 e. The Kier molecular flexibility index (Phi) is 4.04. The second kappa shape index (κ2) is 5.29. The molecule has 0 spiro atoms. The van der Waals surface area contributed by atoms with Crippen molar-refractivity contribution in [1.29, 1.82) is 0 Å². The molecule has 0 fully saturated rings. The Morgan fingerprint density at radius 1 is 1.69 bits per heavy atom. The monoisotopic (exact) mass is 224 g/mol. The third-order valence-corrected chi connectivity index (χ3v) is 1.98. The van der Waals surface area contributed by atoms with Crippen molar-refractivity contribution in [1.82, 2.24) is 9.97 Å². The Balaban J connectivity index is 2.72. The van der Waals surface area contributed by atoms with Crippen LogP contribution < -0.4 is 11.1 Å². The number of nitrogen functional groups attached to an aromatic ring is 1. The molecule has 0 aromatic carbocycles. The van der Waals surface area contributed by atoms with Gasteiger partial charge in [0.1, 0.15) is 11.9 Å². The van der Waals surface area contributed by atoms with E-state index in [2.05, 4.69) is 15.3 Å². The van der Waals surface area contributed by atoms with E-state index >= 15 is 0 Å². The molecular formula is C10H16N4O2. The molecule has 88 valence electrons. The van der Waals surface area contributed by atoms with Crippen molar-refractivity contribution in [2.45, 2.75) is 26.8 Å². The van der Waals surface area contributed by atoms with E-state index in [0.29, 0.717) is 12.4 Å². The summed E-state index contributed by atoms with van der Waals surface area (Å²) >= 11 is 0. The lowest BCUT2D eigenvalue weighted by molar-refractivity contribution is -0.143. The molecule has 0 radical (unpaired) electrons. The largest absolute Gasteiger partial charge is 0.464 e. The highest BCUT2D eigenvalue weighted by molar-refractivity contribution is 5.78. The van der Waals surface area contributed by atoms with Gasteiger partial charge in [-0.05, 0) is 20.8 Å². The van der Waals surface area contributed by atoms with Crippen LogP contribution in [0.15, 0.2) is 6.20 Å². The van der Waals surface area contributed by atoms with Gasteiger partial charge in [0.2, 0.25) is 5.95 Å². The Morgan fingerprint density at radius 3 is 3.00 bits per heavy atom. The van der Waals surface area contributed by atoms with Crippen LogP contribution in [-0.4, -0.2) is 28.6 Å². The summed E-state index contributed by atoms with van der Waals surface area (Å²) in [5.41, 5.74) is 6.28. The zero-order valence-electron chi connectivity index (χ0n) is 9.65. The van der Waals surface area contributed by atoms with Gasteiger partial charge in [-0.2, -0.15) is 4.98 Å². The van der Waals surface area contributed by atoms with Crippen LogP contribution >= 0.6 is 0 Å². The molecule has 1 atom stereocenters. The van der Waals surface area contributed by atoms with Gasteiger partial charge in [-0.3, -0.25) is 0 Å². The van der Waals surface area contributed by atoms with Gasteiger partial charge in [-0.25, -0.2) is 9.78 Å². The van der Waals surface area contributed by atoms with Gasteiger partial charge in [0.25, 0.3) is 0 Å². The van der Waals surface area contributed by atoms with Gasteiger partial charge in [0, 0.05) is 11.8 Å². The molecule has 1 aromatic heterocycles. The van der Waals surface area contributed by atoms with Crippen molar-refractivity contribution in [3.05, 3.63) is 11.8 Å². The number of aromatic nitrogens is 2. The van der Waals surface area contributed by atoms with E-state index in [0.717, 1.165) is 5.56 Å². The van der Waals surface area contributed by atoms with Crippen LogP contribution in [0, 0.1) is 6.92 Å². The number of esters is 1. The predicted molar refractivity (Wildman–Crippen MR) is 60.9 cm³/mol. The SMILES string of the molecule is CCOC(=O)C(C)Nc1nc(N)ncc1C. The molecule has 1 rings (SSSR count). The third-order valence-electron chi connectivity index (χ3n) is 1.98. The quantitative estimate of drug-likeness (QED) is 0.733. The molecule has 1 aromatic rings. The molecule has 3 N–H and O–H groups in total. The maximum absolute atomic E-state index is 11.4. The number of ether oxygens (including phenoxy) is 1. The number of hydrogen-bond donors (Lipinski definition) is 2. The Morgan fingerprint density at radius 2 is 2.38 bits per heavy atom. The first-order valence-electron chi connectivity index (χ1n) is 5.07. The van der Waals surface area contributed by atoms with E-state index in [9.17, 15) is 4.79 Å². The van der Waals surface area contributed by atoms with Crippen molar-refractivity contribution in [3.63, 3.8) is 0 Å². The molecule has 1 heterocycles. The number of hydrogen-bond acceptors (Lipinski definition) is 6. The summed E-state index contributed by atoms with van der Waals surface area (Å²) in [6, 6.07) is -0.465. The summed E-state index contributed by atoms with van der Waals surface area (Å²) in [5, 5.41) is 2.93. The lowest BCUT2D eigenvalue weighted by atomic mass is 10.3. The highest BCUT2D eigenvalue weighted by Crippen LogP contribution is 2.12. The van der Waals surface area contributed by atoms with Crippen LogP contribution in [-0.2, 0) is 9.53 Å². The van der Waals surface area contributed by atoms with Gasteiger partial charge in [0.05, 0.1) is 6.61 Å². The highest BCUT2D eigenvalue weighted by Gasteiger charge is 2.15. The number of nitrogens with one attached hydrogen (secondary N) is 1. The Bertz CT molecular complexity index is 381. The molecule has 0 aliphatic heterocycles. The minimum Gasteiger partial charge on any atom is -0.464 e. The number of anilines is 2. The predicted octanol–water partition coefficient (Wildman–Crippen LogP) is 0.731. The maximum atomic E-state index is 11.4. The smallest absolute Gasteiger partial charge is 0.328 e. The van der Waals surface area contributed by atoms with Crippen LogP contribution in [0.1, 0.15) is 19.4 Å². The minimum absolute atomic E-state index is 0.171. The van der Waals surface area contributed by atoms with Crippen LogP contribution in [0.2, 0.25) is 0 Å². The average Bonchev–Trinajstić information content (AvgIpc) is 2.23. The van der Waals surface area contributed by atoms with Crippen molar-refractivity contribution < 1.29 is 9.53 Å². The van der Waals surface area contributed by atoms with E-state index in [1.54, 1.807) is 20.0 Å². The molecule has 0 saturated carbocycles. The minimum atomic E-state index is -0.465. The van der Waals surface area contributed by atoms with Crippen molar-refractivity contribution in [2.75, 3.05) is 17.7 Å². The van der Waals surface area contributed by atoms with Crippen molar-refractivity contribution >= 4 is 17.7 Å². The number of rotatable bonds is 4. The van der Waals surface area contributed by atoms with Crippen LogP contribution in [0.25, 0.3) is 0 Å². The van der Waals surface area contributed by atoms with Crippen molar-refractivity contribution in [2.24, 2.45) is 0 Å². The average molecular weight is 224 g/mol. The molecular weight excluding hydrogens is 208 g/mol. The summed E-state index contributed by atoms with van der Waals surface area (Å²) in [7, 11) is 0. The van der Waals surface area contributed by atoms with Gasteiger partial charge in [-0.1, -0.05) is 0 Å². The second-order valence-electron chi connectivity index (χ2n) is 3.38. The molecule has 6 heteroatoms. The third kappa shape index (κ3) is 3.08. The number of nitrogens with two attached hydrogens (primary N) is 1. The Hall–Kier alpha value is -1.85. The lowest BCUT2D eigenvalue weighted by Crippen LogP contribution is -2.29. The second-order valence-corrected chi connectivity index (χ2v) is 3.38. The molecule has 6 nitrogen and oxygen atoms in total. The fraction of sp³-hybridized carbons (Fsp3) is 0.500. The molecule has 0 amide bonds. The van der Waals surface area contributed by atoms with E-state index in [1.165, 1.54) is 0 Å². The number of aryl methyl sites for hydroxylation is 1. The summed E-state index contributed by atoms with van der Waals surface area (Å²) < 4.78 is 4.87. The number of carbonyl (C=O) groups excluding carboxylic acids is 1. The first-order chi connectivity index (χ1) is 7.54. The standard InChI is InChI=1S/C10H16N4O2/c1-4-16-9(15)7(3)13-8-6(2)5-12-10(11)14-8/h5,7H,4H2,1-3H3,(H3,11,12,13,14).